The van der Waals surface area contributed by atoms with Crippen molar-refractivity contribution >= 4 is 29.1 Å². The van der Waals surface area contributed by atoms with Gasteiger partial charge in [0.1, 0.15) is 6.54 Å². The molecule has 1 aromatic heterocycles. The maximum atomic E-state index is 12.7. The minimum atomic E-state index is -1.00. The average molecular weight is 366 g/mol. The van der Waals surface area contributed by atoms with Crippen molar-refractivity contribution in [2.75, 3.05) is 19.6 Å². The van der Waals surface area contributed by atoms with E-state index in [-0.39, 0.29) is 30.3 Å². The number of amides is 2. The highest BCUT2D eigenvalue weighted by Gasteiger charge is 2.29. The lowest BCUT2D eigenvalue weighted by Gasteiger charge is -2.29. The maximum Gasteiger partial charge on any atom is 0.323 e. The molecule has 1 saturated heterocycles. The SMILES string of the molecule is CC(=O)N(CC(=O)O)[C@H]1CCCN(C(=O)[C@H](C)Cc2cccs2)CC1. The van der Waals surface area contributed by atoms with Gasteiger partial charge in [-0.15, -0.1) is 11.3 Å². The van der Waals surface area contributed by atoms with Gasteiger partial charge in [-0.25, -0.2) is 0 Å². The number of carbonyl (C=O) groups is 3. The predicted octanol–water partition coefficient (Wildman–Crippen LogP) is 2.24. The van der Waals surface area contributed by atoms with E-state index < -0.39 is 5.97 Å². The standard InChI is InChI=1S/C18H26N2O4S/c1-13(11-16-6-4-10-25-16)18(24)19-8-3-5-15(7-9-19)20(14(2)21)12-17(22)23/h4,6,10,13,15H,3,5,7-9,11-12H2,1-2H3,(H,22,23)/t13-,15+/m1/s1. The molecule has 25 heavy (non-hydrogen) atoms. The molecule has 0 saturated carbocycles. The zero-order valence-corrected chi connectivity index (χ0v) is 15.6. The maximum absolute atomic E-state index is 12.7. The molecule has 0 radical (unpaired) electrons. The molecule has 2 heterocycles. The third-order valence-corrected chi connectivity index (χ3v) is 5.57. The predicted molar refractivity (Wildman–Crippen MR) is 96.4 cm³/mol. The first kappa shape index (κ1) is 19.4. The fourth-order valence-electron chi connectivity index (χ4n) is 3.38. The van der Waals surface area contributed by atoms with E-state index in [0.717, 1.165) is 19.3 Å². The summed E-state index contributed by atoms with van der Waals surface area (Å²) in [7, 11) is 0. The van der Waals surface area contributed by atoms with Crippen LogP contribution in [-0.4, -0.2) is 58.4 Å². The van der Waals surface area contributed by atoms with Gasteiger partial charge in [0.05, 0.1) is 0 Å². The molecular weight excluding hydrogens is 340 g/mol. The number of carbonyl (C=O) groups excluding carboxylic acids is 2. The Balaban J connectivity index is 1.94. The summed E-state index contributed by atoms with van der Waals surface area (Å²) in [6, 6.07) is 3.93. The first-order valence-electron chi connectivity index (χ1n) is 8.68. The highest BCUT2D eigenvalue weighted by atomic mass is 32.1. The number of carboxylic acid groups (broad SMARTS) is 1. The number of hydrogen-bond donors (Lipinski definition) is 1. The van der Waals surface area contributed by atoms with Gasteiger partial charge in [-0.3, -0.25) is 14.4 Å². The van der Waals surface area contributed by atoms with Crippen LogP contribution in [0.4, 0.5) is 0 Å². The van der Waals surface area contributed by atoms with Gasteiger partial charge < -0.3 is 14.9 Å². The van der Waals surface area contributed by atoms with Crippen molar-refractivity contribution in [3.63, 3.8) is 0 Å². The van der Waals surface area contributed by atoms with Crippen LogP contribution in [0, 0.1) is 5.92 Å². The van der Waals surface area contributed by atoms with Gasteiger partial charge in [-0.1, -0.05) is 13.0 Å². The van der Waals surface area contributed by atoms with E-state index in [9.17, 15) is 14.4 Å². The summed E-state index contributed by atoms with van der Waals surface area (Å²) in [4.78, 5) is 40.0. The Labute approximate surface area is 152 Å². The van der Waals surface area contributed by atoms with E-state index in [1.165, 1.54) is 16.7 Å². The van der Waals surface area contributed by atoms with Crippen LogP contribution in [0.3, 0.4) is 0 Å². The molecule has 0 aliphatic carbocycles. The van der Waals surface area contributed by atoms with Crippen molar-refractivity contribution < 1.29 is 19.5 Å². The van der Waals surface area contributed by atoms with Crippen LogP contribution in [0.1, 0.15) is 38.0 Å². The summed E-state index contributed by atoms with van der Waals surface area (Å²) < 4.78 is 0. The van der Waals surface area contributed by atoms with Gasteiger partial charge >= 0.3 is 5.97 Å². The molecule has 0 aromatic carbocycles. The molecule has 2 atom stereocenters. The summed E-state index contributed by atoms with van der Waals surface area (Å²) in [5, 5.41) is 11.0. The van der Waals surface area contributed by atoms with Crippen LogP contribution in [0.25, 0.3) is 0 Å². The van der Waals surface area contributed by atoms with E-state index in [2.05, 4.69) is 0 Å². The normalized spacial score (nSPS) is 19.1. The lowest BCUT2D eigenvalue weighted by Crippen LogP contribution is -2.43. The Morgan fingerprint density at radius 2 is 2.12 bits per heavy atom. The smallest absolute Gasteiger partial charge is 0.323 e. The Morgan fingerprint density at radius 3 is 2.72 bits per heavy atom. The molecule has 7 heteroatoms. The van der Waals surface area contributed by atoms with Gasteiger partial charge in [-0.05, 0) is 37.1 Å². The fraction of sp³-hybridized carbons (Fsp3) is 0.611. The van der Waals surface area contributed by atoms with E-state index in [4.69, 9.17) is 5.11 Å². The molecular formula is C18H26N2O4S. The molecule has 1 aliphatic heterocycles. The number of rotatable bonds is 6. The molecule has 0 spiro atoms. The van der Waals surface area contributed by atoms with Crippen molar-refractivity contribution in [3.8, 4) is 0 Å². The third-order valence-electron chi connectivity index (χ3n) is 4.67. The summed E-state index contributed by atoms with van der Waals surface area (Å²) in [5.41, 5.74) is 0. The number of likely N-dealkylation sites (tertiary alicyclic amines) is 1. The molecule has 1 aliphatic rings. The Kier molecular flexibility index (Phi) is 6.99. The molecule has 2 amide bonds. The van der Waals surface area contributed by atoms with Crippen molar-refractivity contribution in [1.82, 2.24) is 9.80 Å². The molecule has 0 bridgehead atoms. The molecule has 6 nitrogen and oxygen atoms in total. The number of hydrogen-bond acceptors (Lipinski definition) is 4. The summed E-state index contributed by atoms with van der Waals surface area (Å²) >= 11 is 1.66. The van der Waals surface area contributed by atoms with Crippen molar-refractivity contribution in [3.05, 3.63) is 22.4 Å². The largest absolute Gasteiger partial charge is 0.480 e. The molecule has 1 fully saturated rings. The Hall–Kier alpha value is -1.89. The van der Waals surface area contributed by atoms with Crippen molar-refractivity contribution in [2.45, 2.75) is 45.6 Å². The topological polar surface area (TPSA) is 77.9 Å². The van der Waals surface area contributed by atoms with Crippen LogP contribution in [0.2, 0.25) is 0 Å². The van der Waals surface area contributed by atoms with Crippen LogP contribution in [-0.2, 0) is 20.8 Å². The number of carboxylic acids is 1. The average Bonchev–Trinajstić information content (AvgIpc) is 2.93. The highest BCUT2D eigenvalue weighted by Crippen LogP contribution is 2.21. The van der Waals surface area contributed by atoms with Gasteiger partial charge in [0.25, 0.3) is 0 Å². The van der Waals surface area contributed by atoms with E-state index in [1.54, 1.807) is 11.3 Å². The lowest BCUT2D eigenvalue weighted by molar-refractivity contribution is -0.145. The quantitative estimate of drug-likeness (QED) is 0.837. The second-order valence-electron chi connectivity index (χ2n) is 6.64. The minimum Gasteiger partial charge on any atom is -0.480 e. The highest BCUT2D eigenvalue weighted by molar-refractivity contribution is 7.09. The molecule has 138 valence electrons. The second kappa shape index (κ2) is 8.99. The monoisotopic (exact) mass is 366 g/mol. The van der Waals surface area contributed by atoms with Crippen LogP contribution in [0.5, 0.6) is 0 Å². The van der Waals surface area contributed by atoms with E-state index in [1.807, 2.05) is 29.3 Å². The summed E-state index contributed by atoms with van der Waals surface area (Å²) in [5.74, 6) is -1.16. The third kappa shape index (κ3) is 5.56. The lowest BCUT2D eigenvalue weighted by atomic mass is 10.1. The summed E-state index contributed by atoms with van der Waals surface area (Å²) in [6.07, 6.45) is 2.89. The first-order chi connectivity index (χ1) is 11.9. The number of thiophene rings is 1. The van der Waals surface area contributed by atoms with Gasteiger partial charge in [0.15, 0.2) is 0 Å². The Morgan fingerprint density at radius 1 is 1.36 bits per heavy atom. The molecule has 1 N–H and O–H groups in total. The minimum absolute atomic E-state index is 0.0712. The van der Waals surface area contributed by atoms with Gasteiger partial charge in [0.2, 0.25) is 11.8 Å². The van der Waals surface area contributed by atoms with Crippen LogP contribution in [0.15, 0.2) is 17.5 Å². The first-order valence-corrected chi connectivity index (χ1v) is 9.56. The Bertz CT molecular complexity index is 602. The van der Waals surface area contributed by atoms with Crippen molar-refractivity contribution in [2.24, 2.45) is 5.92 Å². The zero-order chi connectivity index (χ0) is 18.4. The van der Waals surface area contributed by atoms with Crippen LogP contribution >= 0.6 is 11.3 Å². The number of aliphatic carboxylic acids is 1. The number of nitrogens with zero attached hydrogens (tertiary/aromatic N) is 2. The van der Waals surface area contributed by atoms with Gasteiger partial charge in [0, 0.05) is 36.9 Å². The fourth-order valence-corrected chi connectivity index (χ4v) is 4.22. The molecule has 0 unspecified atom stereocenters. The van der Waals surface area contributed by atoms with E-state index in [0.29, 0.717) is 19.5 Å². The zero-order valence-electron chi connectivity index (χ0n) is 14.8. The molecule has 1 aromatic rings. The van der Waals surface area contributed by atoms with Crippen molar-refractivity contribution in [1.29, 1.82) is 0 Å². The summed E-state index contributed by atoms with van der Waals surface area (Å²) in [6.45, 7) is 4.32. The second-order valence-corrected chi connectivity index (χ2v) is 7.67. The molecule has 2 rings (SSSR count). The van der Waals surface area contributed by atoms with E-state index >= 15 is 0 Å². The van der Waals surface area contributed by atoms with Gasteiger partial charge in [-0.2, -0.15) is 0 Å². The van der Waals surface area contributed by atoms with Crippen LogP contribution < -0.4 is 0 Å².